The van der Waals surface area contributed by atoms with Gasteiger partial charge >= 0.3 is 5.97 Å². The van der Waals surface area contributed by atoms with Crippen LogP contribution in [0.1, 0.15) is 13.8 Å². The zero-order valence-electron chi connectivity index (χ0n) is 6.09. The van der Waals surface area contributed by atoms with Crippen LogP contribution in [0.3, 0.4) is 0 Å². The lowest BCUT2D eigenvalue weighted by Crippen LogP contribution is -2.49. The Labute approximate surface area is 60.2 Å². The lowest BCUT2D eigenvalue weighted by atomic mass is 9.89. The number of carboxylic acid groups (broad SMARTS) is 1. The molecule has 0 bridgehead atoms. The van der Waals surface area contributed by atoms with Gasteiger partial charge in [-0.3, -0.25) is 4.79 Å². The maximum Gasteiger partial charge on any atom is 0.324 e. The number of nitrogens with two attached hydrogens (primary N) is 1. The van der Waals surface area contributed by atoms with E-state index in [1.165, 1.54) is 6.92 Å². The summed E-state index contributed by atoms with van der Waals surface area (Å²) in [6.07, 6.45) is 5.00. The molecule has 0 aromatic carbocycles. The van der Waals surface area contributed by atoms with E-state index in [9.17, 15) is 4.79 Å². The fourth-order valence-corrected chi connectivity index (χ4v) is 0.358. The van der Waals surface area contributed by atoms with Crippen LogP contribution in [0, 0.1) is 18.3 Å². The van der Waals surface area contributed by atoms with Gasteiger partial charge in [-0.2, -0.15) is 0 Å². The molecule has 0 aliphatic rings. The minimum atomic E-state index is -1.31. The van der Waals surface area contributed by atoms with E-state index in [1.54, 1.807) is 6.92 Å². The summed E-state index contributed by atoms with van der Waals surface area (Å²) >= 11 is 0. The maximum absolute atomic E-state index is 10.4. The lowest BCUT2D eigenvalue weighted by molar-refractivity contribution is -0.143. The van der Waals surface area contributed by atoms with Gasteiger partial charge in [0.2, 0.25) is 0 Å². The van der Waals surface area contributed by atoms with Crippen molar-refractivity contribution in [3.05, 3.63) is 0 Å². The molecule has 0 aliphatic heterocycles. The molecule has 0 aromatic heterocycles. The lowest BCUT2D eigenvalue weighted by Gasteiger charge is -2.22. The monoisotopic (exact) mass is 141 g/mol. The quantitative estimate of drug-likeness (QED) is 0.534. The topological polar surface area (TPSA) is 63.3 Å². The summed E-state index contributed by atoms with van der Waals surface area (Å²) in [6, 6.07) is 0. The Morgan fingerprint density at radius 1 is 1.90 bits per heavy atom. The van der Waals surface area contributed by atoms with Gasteiger partial charge in [0, 0.05) is 5.92 Å². The van der Waals surface area contributed by atoms with Crippen molar-refractivity contribution in [3.63, 3.8) is 0 Å². The van der Waals surface area contributed by atoms with Gasteiger partial charge in [-0.15, -0.1) is 12.3 Å². The summed E-state index contributed by atoms with van der Waals surface area (Å²) in [4.78, 5) is 10.4. The third-order valence-corrected chi connectivity index (χ3v) is 1.61. The van der Waals surface area contributed by atoms with Crippen molar-refractivity contribution in [3.8, 4) is 12.3 Å². The summed E-state index contributed by atoms with van der Waals surface area (Å²) in [5.74, 6) is 0.756. The van der Waals surface area contributed by atoms with Gasteiger partial charge in [0.25, 0.3) is 0 Å². The average molecular weight is 141 g/mol. The summed E-state index contributed by atoms with van der Waals surface area (Å²) in [6.45, 7) is 3.01. The van der Waals surface area contributed by atoms with Crippen LogP contribution >= 0.6 is 0 Å². The minimum Gasteiger partial charge on any atom is -0.480 e. The van der Waals surface area contributed by atoms with E-state index in [-0.39, 0.29) is 0 Å². The zero-order chi connectivity index (χ0) is 8.36. The molecule has 0 rings (SSSR count). The van der Waals surface area contributed by atoms with E-state index in [0.717, 1.165) is 0 Å². The smallest absolute Gasteiger partial charge is 0.324 e. The molecule has 0 amide bonds. The summed E-state index contributed by atoms with van der Waals surface area (Å²) < 4.78 is 0. The molecule has 0 aliphatic carbocycles. The van der Waals surface area contributed by atoms with E-state index in [2.05, 4.69) is 5.92 Å². The molecule has 10 heavy (non-hydrogen) atoms. The Kier molecular flexibility index (Phi) is 2.44. The fourth-order valence-electron chi connectivity index (χ4n) is 0.358. The van der Waals surface area contributed by atoms with Crippen LogP contribution in [0.4, 0.5) is 0 Å². The fraction of sp³-hybridized carbons (Fsp3) is 0.571. The molecule has 56 valence electrons. The molecule has 0 radical (unpaired) electrons. The summed E-state index contributed by atoms with van der Waals surface area (Å²) in [5.41, 5.74) is 4.06. The second-order valence-corrected chi connectivity index (χ2v) is 2.48. The third-order valence-electron chi connectivity index (χ3n) is 1.61. The van der Waals surface area contributed by atoms with Gasteiger partial charge in [-0.05, 0) is 13.8 Å². The number of rotatable bonds is 2. The van der Waals surface area contributed by atoms with Crippen LogP contribution in [0.15, 0.2) is 0 Å². The first-order valence-electron chi connectivity index (χ1n) is 2.91. The molecule has 2 atom stereocenters. The van der Waals surface area contributed by atoms with Crippen molar-refractivity contribution in [1.82, 2.24) is 0 Å². The van der Waals surface area contributed by atoms with Crippen LogP contribution in [-0.2, 0) is 4.79 Å². The molecule has 3 heteroatoms. The molecule has 0 saturated heterocycles. The highest BCUT2D eigenvalue weighted by Crippen LogP contribution is 2.12. The highest BCUT2D eigenvalue weighted by atomic mass is 16.4. The van der Waals surface area contributed by atoms with E-state index in [4.69, 9.17) is 17.3 Å². The van der Waals surface area contributed by atoms with Gasteiger partial charge in [0.05, 0.1) is 0 Å². The Bertz CT molecular complexity index is 179. The number of terminal acetylenes is 1. The number of hydrogen-bond acceptors (Lipinski definition) is 2. The highest BCUT2D eigenvalue weighted by Gasteiger charge is 2.33. The number of carbonyl (C=O) groups is 1. The van der Waals surface area contributed by atoms with Crippen molar-refractivity contribution in [1.29, 1.82) is 0 Å². The second-order valence-electron chi connectivity index (χ2n) is 2.48. The van der Waals surface area contributed by atoms with Gasteiger partial charge in [-0.1, -0.05) is 0 Å². The van der Waals surface area contributed by atoms with Crippen LogP contribution < -0.4 is 5.73 Å². The van der Waals surface area contributed by atoms with Crippen molar-refractivity contribution in [2.75, 3.05) is 0 Å². The molecule has 3 N–H and O–H groups in total. The first kappa shape index (κ1) is 8.99. The van der Waals surface area contributed by atoms with Gasteiger partial charge < -0.3 is 10.8 Å². The summed E-state index contributed by atoms with van der Waals surface area (Å²) in [5, 5.41) is 8.52. The predicted molar refractivity (Wildman–Crippen MR) is 38.2 cm³/mol. The molecule has 2 unspecified atom stereocenters. The van der Waals surface area contributed by atoms with Gasteiger partial charge in [0.15, 0.2) is 0 Å². The molecular weight excluding hydrogens is 130 g/mol. The molecular formula is C7H11NO2. The van der Waals surface area contributed by atoms with Crippen molar-refractivity contribution >= 4 is 5.97 Å². The van der Waals surface area contributed by atoms with Crippen LogP contribution in [0.5, 0.6) is 0 Å². The van der Waals surface area contributed by atoms with Crippen molar-refractivity contribution < 1.29 is 9.90 Å². The number of hydrogen-bond donors (Lipinski definition) is 2. The summed E-state index contributed by atoms with van der Waals surface area (Å²) in [7, 11) is 0. The Balaban J connectivity index is 4.43. The van der Waals surface area contributed by atoms with Crippen LogP contribution in [0.2, 0.25) is 0 Å². The van der Waals surface area contributed by atoms with Gasteiger partial charge in [0.1, 0.15) is 5.54 Å². The Morgan fingerprint density at radius 3 is 2.40 bits per heavy atom. The van der Waals surface area contributed by atoms with Gasteiger partial charge in [-0.25, -0.2) is 0 Å². The molecule has 0 aromatic rings. The minimum absolute atomic E-state index is 0.454. The van der Waals surface area contributed by atoms with E-state index in [0.29, 0.717) is 0 Å². The SMILES string of the molecule is C#CC(C)C(C)(N)C(=O)O. The molecule has 0 saturated carbocycles. The van der Waals surface area contributed by atoms with Crippen LogP contribution in [0.25, 0.3) is 0 Å². The molecule has 3 nitrogen and oxygen atoms in total. The number of aliphatic carboxylic acids is 1. The second kappa shape index (κ2) is 2.72. The normalized spacial score (nSPS) is 18.6. The zero-order valence-corrected chi connectivity index (χ0v) is 6.09. The Morgan fingerprint density at radius 2 is 2.30 bits per heavy atom. The first-order chi connectivity index (χ1) is 4.42. The molecule has 0 spiro atoms. The van der Waals surface area contributed by atoms with E-state index in [1.807, 2.05) is 0 Å². The van der Waals surface area contributed by atoms with E-state index >= 15 is 0 Å². The maximum atomic E-state index is 10.4. The first-order valence-corrected chi connectivity index (χ1v) is 2.91. The predicted octanol–water partition coefficient (Wildman–Crippen LogP) is 0.0577. The van der Waals surface area contributed by atoms with Crippen LogP contribution in [-0.4, -0.2) is 16.6 Å². The highest BCUT2D eigenvalue weighted by molar-refractivity contribution is 5.78. The number of carboxylic acids is 1. The van der Waals surface area contributed by atoms with Crippen molar-refractivity contribution in [2.45, 2.75) is 19.4 Å². The molecule has 0 fully saturated rings. The standard InChI is InChI=1S/C7H11NO2/c1-4-5(2)7(3,8)6(9)10/h1,5H,8H2,2-3H3,(H,9,10). The largest absolute Gasteiger partial charge is 0.480 e. The van der Waals surface area contributed by atoms with Crippen molar-refractivity contribution in [2.24, 2.45) is 11.7 Å². The van der Waals surface area contributed by atoms with E-state index < -0.39 is 17.4 Å². The Hall–Kier alpha value is -1.01. The average Bonchev–Trinajstić information content (AvgIpc) is 1.86. The molecule has 0 heterocycles. The third kappa shape index (κ3) is 1.49.